The third-order valence-electron chi connectivity index (χ3n) is 1.10. The van der Waals surface area contributed by atoms with Gasteiger partial charge in [0.1, 0.15) is 0 Å². The minimum atomic E-state index is 0.674. The molecule has 0 aromatic heterocycles. The van der Waals surface area contributed by atoms with Gasteiger partial charge >= 0.3 is 0 Å². The highest BCUT2D eigenvalue weighted by molar-refractivity contribution is 7.99. The summed E-state index contributed by atoms with van der Waals surface area (Å²) in [5.74, 6) is 0.788. The van der Waals surface area contributed by atoms with Crippen molar-refractivity contribution in [2.24, 2.45) is 0 Å². The van der Waals surface area contributed by atoms with Crippen LogP contribution in [0.3, 0.4) is 0 Å². The number of halogens is 2. The van der Waals surface area contributed by atoms with Gasteiger partial charge in [-0.15, -0.1) is 11.8 Å². The molecule has 0 nitrogen and oxygen atoms in total. The van der Waals surface area contributed by atoms with E-state index < -0.39 is 0 Å². The molecule has 3 heteroatoms. The second-order valence-electron chi connectivity index (χ2n) is 1.95. The minimum Gasteiger partial charge on any atom is -0.126 e. The molecule has 0 amide bonds. The van der Waals surface area contributed by atoms with Crippen molar-refractivity contribution in [2.45, 2.75) is 4.90 Å². The van der Waals surface area contributed by atoms with Crippen LogP contribution in [0.4, 0.5) is 0 Å². The van der Waals surface area contributed by atoms with Crippen molar-refractivity contribution in [2.75, 3.05) is 5.75 Å². The molecule has 0 saturated heterocycles. The molecule has 0 fully saturated rings. The summed E-state index contributed by atoms with van der Waals surface area (Å²) in [7, 11) is 0. The van der Waals surface area contributed by atoms with E-state index in [2.05, 4.69) is 6.92 Å². The molecule has 0 N–H and O–H groups in total. The van der Waals surface area contributed by atoms with Gasteiger partial charge in [0.25, 0.3) is 0 Å². The molecule has 1 aromatic carbocycles. The summed E-state index contributed by atoms with van der Waals surface area (Å²) in [6.45, 7) is 3.72. The van der Waals surface area contributed by atoms with E-state index in [4.69, 9.17) is 23.2 Å². The molecule has 0 bridgehead atoms. The molecule has 0 aliphatic heterocycles. The number of hydrogen-bond acceptors (Lipinski definition) is 1. The Morgan fingerprint density at radius 3 is 2.18 bits per heavy atom. The van der Waals surface area contributed by atoms with E-state index in [1.54, 1.807) is 17.8 Å². The van der Waals surface area contributed by atoms with Gasteiger partial charge in [-0.05, 0) is 30.9 Å². The van der Waals surface area contributed by atoms with Crippen LogP contribution in [0, 0.1) is 6.92 Å². The fraction of sp³-hybridized carbons (Fsp3) is 0.125. The van der Waals surface area contributed by atoms with Crippen molar-refractivity contribution >= 4 is 35.0 Å². The van der Waals surface area contributed by atoms with Crippen LogP contribution in [0.25, 0.3) is 0 Å². The molecule has 0 heterocycles. The molecular formula is C8H7Cl2S. The predicted octanol–water partition coefficient (Wildman–Crippen LogP) is 3.92. The maximum atomic E-state index is 5.77. The van der Waals surface area contributed by atoms with Gasteiger partial charge in [-0.2, -0.15) is 0 Å². The van der Waals surface area contributed by atoms with E-state index in [1.165, 1.54) is 0 Å². The maximum Gasteiger partial charge on any atom is 0.0431 e. The lowest BCUT2D eigenvalue weighted by atomic mass is 10.4. The van der Waals surface area contributed by atoms with Crippen molar-refractivity contribution < 1.29 is 0 Å². The van der Waals surface area contributed by atoms with E-state index in [9.17, 15) is 0 Å². The molecule has 0 saturated carbocycles. The summed E-state index contributed by atoms with van der Waals surface area (Å²) in [6.07, 6.45) is 0. The Morgan fingerprint density at radius 2 is 1.73 bits per heavy atom. The molecule has 0 aliphatic rings. The fourth-order valence-electron chi connectivity index (χ4n) is 0.730. The Bertz CT molecular complexity index is 228. The zero-order valence-electron chi connectivity index (χ0n) is 5.81. The minimum absolute atomic E-state index is 0.674. The third-order valence-corrected chi connectivity index (χ3v) is 2.31. The highest BCUT2D eigenvalue weighted by atomic mass is 35.5. The maximum absolute atomic E-state index is 5.77. The number of hydrogen-bond donors (Lipinski definition) is 0. The molecule has 1 rings (SSSR count). The van der Waals surface area contributed by atoms with Crippen LogP contribution in [-0.4, -0.2) is 5.75 Å². The lowest BCUT2D eigenvalue weighted by Crippen LogP contribution is -1.73. The average Bonchev–Trinajstić information content (AvgIpc) is 1.85. The van der Waals surface area contributed by atoms with E-state index in [1.807, 2.05) is 12.1 Å². The molecule has 1 radical (unpaired) electrons. The van der Waals surface area contributed by atoms with Gasteiger partial charge in [0.05, 0.1) is 0 Å². The second kappa shape index (κ2) is 4.24. The number of rotatable bonds is 2. The molecule has 11 heavy (non-hydrogen) atoms. The summed E-state index contributed by atoms with van der Waals surface area (Å²) in [5, 5.41) is 1.35. The average molecular weight is 206 g/mol. The molecule has 0 aliphatic carbocycles. The van der Waals surface area contributed by atoms with Crippen molar-refractivity contribution in [1.29, 1.82) is 0 Å². The fourth-order valence-corrected chi connectivity index (χ4v) is 2.04. The van der Waals surface area contributed by atoms with Gasteiger partial charge in [0.2, 0.25) is 0 Å². The van der Waals surface area contributed by atoms with Gasteiger partial charge in [-0.3, -0.25) is 0 Å². The normalized spacial score (nSPS) is 10.1. The first-order valence-electron chi connectivity index (χ1n) is 3.10. The SMILES string of the molecule is [CH2]CSc1cc(Cl)cc(Cl)c1. The van der Waals surface area contributed by atoms with E-state index in [-0.39, 0.29) is 0 Å². The van der Waals surface area contributed by atoms with Gasteiger partial charge in [-0.25, -0.2) is 0 Å². The topological polar surface area (TPSA) is 0 Å². The first kappa shape index (κ1) is 9.24. The summed E-state index contributed by atoms with van der Waals surface area (Å²) in [6, 6.07) is 5.48. The monoisotopic (exact) mass is 205 g/mol. The van der Waals surface area contributed by atoms with Crippen LogP contribution in [0.15, 0.2) is 23.1 Å². The first-order chi connectivity index (χ1) is 5.22. The Balaban J connectivity index is 2.89. The van der Waals surface area contributed by atoms with Crippen LogP contribution >= 0.6 is 35.0 Å². The molecule has 0 spiro atoms. The highest BCUT2D eigenvalue weighted by Crippen LogP contribution is 2.25. The van der Waals surface area contributed by atoms with Crippen LogP contribution in [0.2, 0.25) is 10.0 Å². The summed E-state index contributed by atoms with van der Waals surface area (Å²) < 4.78 is 0. The van der Waals surface area contributed by atoms with Crippen LogP contribution in [-0.2, 0) is 0 Å². The standard InChI is InChI=1S/C8H7Cl2S/c1-2-11-8-4-6(9)3-7(10)5-8/h3-5H,1-2H2. The second-order valence-corrected chi connectivity index (χ2v) is 3.99. The van der Waals surface area contributed by atoms with Crippen molar-refractivity contribution in [3.8, 4) is 0 Å². The van der Waals surface area contributed by atoms with Crippen molar-refractivity contribution in [3.63, 3.8) is 0 Å². The predicted molar refractivity (Wildman–Crippen MR) is 52.5 cm³/mol. The zero-order valence-corrected chi connectivity index (χ0v) is 8.14. The summed E-state index contributed by atoms with van der Waals surface area (Å²) >= 11 is 13.2. The van der Waals surface area contributed by atoms with Gasteiger partial charge < -0.3 is 0 Å². The number of thioether (sulfide) groups is 1. The van der Waals surface area contributed by atoms with Crippen LogP contribution < -0.4 is 0 Å². The zero-order chi connectivity index (χ0) is 8.27. The van der Waals surface area contributed by atoms with Crippen LogP contribution in [0.5, 0.6) is 0 Å². The number of benzene rings is 1. The Kier molecular flexibility index (Phi) is 3.57. The molecular weight excluding hydrogens is 199 g/mol. The molecule has 1 aromatic rings. The Morgan fingerprint density at radius 1 is 1.18 bits per heavy atom. The van der Waals surface area contributed by atoms with Gasteiger partial charge in [0, 0.05) is 14.9 Å². The lowest BCUT2D eigenvalue weighted by molar-refractivity contribution is 1.46. The largest absolute Gasteiger partial charge is 0.126 e. The van der Waals surface area contributed by atoms with E-state index in [0.29, 0.717) is 10.0 Å². The first-order valence-corrected chi connectivity index (χ1v) is 4.84. The van der Waals surface area contributed by atoms with Crippen molar-refractivity contribution in [3.05, 3.63) is 35.2 Å². The Hall–Kier alpha value is 0.150. The van der Waals surface area contributed by atoms with Crippen LogP contribution in [0.1, 0.15) is 0 Å². The quantitative estimate of drug-likeness (QED) is 0.661. The van der Waals surface area contributed by atoms with E-state index >= 15 is 0 Å². The molecule has 59 valence electrons. The van der Waals surface area contributed by atoms with Gasteiger partial charge in [0.15, 0.2) is 0 Å². The smallest absolute Gasteiger partial charge is 0.0431 e. The molecule has 0 unspecified atom stereocenters. The van der Waals surface area contributed by atoms with Crippen molar-refractivity contribution in [1.82, 2.24) is 0 Å². The molecule has 0 atom stereocenters. The van der Waals surface area contributed by atoms with Gasteiger partial charge in [-0.1, -0.05) is 23.2 Å². The summed E-state index contributed by atoms with van der Waals surface area (Å²) in [4.78, 5) is 1.07. The summed E-state index contributed by atoms with van der Waals surface area (Å²) in [5.41, 5.74) is 0. The lowest BCUT2D eigenvalue weighted by Gasteiger charge is -1.99. The highest BCUT2D eigenvalue weighted by Gasteiger charge is 1.96. The van der Waals surface area contributed by atoms with E-state index in [0.717, 1.165) is 10.6 Å². The Labute approximate surface area is 80.9 Å². The third kappa shape index (κ3) is 2.94.